The number of nitrogens with two attached hydrogens (primary N) is 1. The van der Waals surface area contributed by atoms with E-state index >= 15 is 0 Å². The molecule has 2 nitrogen and oxygen atoms in total. The van der Waals surface area contributed by atoms with Crippen molar-refractivity contribution in [3.05, 3.63) is 63.9 Å². The van der Waals surface area contributed by atoms with Gasteiger partial charge >= 0.3 is 0 Å². The Morgan fingerprint density at radius 1 is 1.25 bits per heavy atom. The quantitative estimate of drug-likeness (QED) is 0.829. The fourth-order valence-electron chi connectivity index (χ4n) is 1.80. The average molecular weight is 354 g/mol. The van der Waals surface area contributed by atoms with Crippen LogP contribution in [0.2, 0.25) is 0 Å². The molecule has 0 bridgehead atoms. The number of hydrogen-bond donors (Lipinski definition) is 1. The number of hydrogen-bond acceptors (Lipinski definition) is 2. The molecule has 0 saturated heterocycles. The SMILES string of the molecule is CC(Oc1ccc(C(N)=S)c(Br)c1F)c1ccccc1. The van der Waals surface area contributed by atoms with Gasteiger partial charge in [-0.3, -0.25) is 0 Å². The van der Waals surface area contributed by atoms with E-state index in [1.54, 1.807) is 6.07 Å². The van der Waals surface area contributed by atoms with Gasteiger partial charge in [0.25, 0.3) is 0 Å². The summed E-state index contributed by atoms with van der Waals surface area (Å²) in [5.41, 5.74) is 6.95. The van der Waals surface area contributed by atoms with Crippen LogP contribution in [-0.4, -0.2) is 4.99 Å². The van der Waals surface area contributed by atoms with Crippen molar-refractivity contribution in [3.8, 4) is 5.75 Å². The van der Waals surface area contributed by atoms with Gasteiger partial charge in [0.1, 0.15) is 11.1 Å². The maximum Gasteiger partial charge on any atom is 0.179 e. The summed E-state index contributed by atoms with van der Waals surface area (Å²) < 4.78 is 20.1. The Labute approximate surface area is 130 Å². The highest BCUT2D eigenvalue weighted by atomic mass is 79.9. The molecule has 5 heteroatoms. The van der Waals surface area contributed by atoms with Crippen LogP contribution in [0.3, 0.4) is 0 Å². The molecular formula is C15H13BrFNOS. The minimum absolute atomic E-state index is 0.137. The van der Waals surface area contributed by atoms with Crippen molar-refractivity contribution in [1.82, 2.24) is 0 Å². The van der Waals surface area contributed by atoms with Gasteiger partial charge in [-0.2, -0.15) is 0 Å². The van der Waals surface area contributed by atoms with Crippen molar-refractivity contribution in [3.63, 3.8) is 0 Å². The molecule has 0 aliphatic heterocycles. The molecule has 0 fully saturated rings. The van der Waals surface area contributed by atoms with E-state index < -0.39 is 5.82 Å². The van der Waals surface area contributed by atoms with Crippen molar-refractivity contribution in [2.24, 2.45) is 5.73 Å². The maximum atomic E-state index is 14.2. The van der Waals surface area contributed by atoms with Crippen molar-refractivity contribution < 1.29 is 9.13 Å². The Balaban J connectivity index is 2.27. The molecule has 2 rings (SSSR count). The second-order valence-electron chi connectivity index (χ2n) is 4.27. The third-order valence-electron chi connectivity index (χ3n) is 2.89. The van der Waals surface area contributed by atoms with Crippen LogP contribution in [0.25, 0.3) is 0 Å². The number of ether oxygens (including phenoxy) is 1. The normalized spacial score (nSPS) is 11.9. The van der Waals surface area contributed by atoms with Crippen LogP contribution in [0.1, 0.15) is 24.2 Å². The van der Waals surface area contributed by atoms with Crippen LogP contribution in [0.4, 0.5) is 4.39 Å². The molecule has 0 spiro atoms. The Morgan fingerprint density at radius 3 is 2.50 bits per heavy atom. The summed E-state index contributed by atoms with van der Waals surface area (Å²) in [6.45, 7) is 1.87. The molecular weight excluding hydrogens is 341 g/mol. The van der Waals surface area contributed by atoms with Crippen LogP contribution in [-0.2, 0) is 0 Å². The molecule has 2 N–H and O–H groups in total. The molecule has 0 radical (unpaired) electrons. The number of halogens is 2. The van der Waals surface area contributed by atoms with E-state index in [2.05, 4.69) is 15.9 Å². The molecule has 0 aliphatic carbocycles. The highest BCUT2D eigenvalue weighted by Gasteiger charge is 2.16. The third kappa shape index (κ3) is 3.16. The fourth-order valence-corrected chi connectivity index (χ4v) is 2.64. The highest BCUT2D eigenvalue weighted by molar-refractivity contribution is 9.10. The summed E-state index contributed by atoms with van der Waals surface area (Å²) in [5.74, 6) is -0.341. The zero-order chi connectivity index (χ0) is 14.7. The van der Waals surface area contributed by atoms with Gasteiger partial charge in [0.2, 0.25) is 0 Å². The van der Waals surface area contributed by atoms with Crippen LogP contribution in [0.15, 0.2) is 46.9 Å². The lowest BCUT2D eigenvalue weighted by Crippen LogP contribution is -2.12. The zero-order valence-corrected chi connectivity index (χ0v) is 13.2. The minimum Gasteiger partial charge on any atom is -0.483 e. The predicted molar refractivity (Wildman–Crippen MR) is 85.5 cm³/mol. The van der Waals surface area contributed by atoms with Gasteiger partial charge in [-0.1, -0.05) is 42.5 Å². The molecule has 0 aromatic heterocycles. The third-order valence-corrected chi connectivity index (χ3v) is 3.88. The van der Waals surface area contributed by atoms with Gasteiger partial charge in [0.15, 0.2) is 11.6 Å². The molecule has 1 atom stereocenters. The summed E-state index contributed by atoms with van der Waals surface area (Å²) >= 11 is 8.01. The molecule has 0 aliphatic rings. The number of benzene rings is 2. The molecule has 1 unspecified atom stereocenters. The van der Waals surface area contributed by atoms with Gasteiger partial charge in [0, 0.05) is 5.56 Å². The largest absolute Gasteiger partial charge is 0.483 e. The Morgan fingerprint density at radius 2 is 1.90 bits per heavy atom. The molecule has 0 saturated carbocycles. The maximum absolute atomic E-state index is 14.2. The first-order valence-electron chi connectivity index (χ1n) is 6.00. The second-order valence-corrected chi connectivity index (χ2v) is 5.51. The number of thiocarbonyl (C=S) groups is 1. The van der Waals surface area contributed by atoms with Gasteiger partial charge in [-0.25, -0.2) is 4.39 Å². The van der Waals surface area contributed by atoms with E-state index in [-0.39, 0.29) is 21.3 Å². The lowest BCUT2D eigenvalue weighted by atomic mass is 10.1. The molecule has 2 aromatic rings. The van der Waals surface area contributed by atoms with Crippen LogP contribution in [0.5, 0.6) is 5.75 Å². The predicted octanol–water partition coefficient (Wildman–Crippen LogP) is 4.36. The second kappa shape index (κ2) is 6.33. The fraction of sp³-hybridized carbons (Fsp3) is 0.133. The van der Waals surface area contributed by atoms with Crippen LogP contribution >= 0.6 is 28.1 Å². The monoisotopic (exact) mass is 353 g/mol. The highest BCUT2D eigenvalue weighted by Crippen LogP contribution is 2.31. The molecule has 0 amide bonds. The van der Waals surface area contributed by atoms with Crippen molar-refractivity contribution >= 4 is 33.1 Å². The lowest BCUT2D eigenvalue weighted by molar-refractivity contribution is 0.216. The van der Waals surface area contributed by atoms with Crippen LogP contribution < -0.4 is 10.5 Å². The Bertz CT molecular complexity index is 633. The zero-order valence-electron chi connectivity index (χ0n) is 10.8. The van der Waals surface area contributed by atoms with E-state index in [1.807, 2.05) is 37.3 Å². The van der Waals surface area contributed by atoms with E-state index in [0.29, 0.717) is 5.56 Å². The van der Waals surface area contributed by atoms with E-state index in [4.69, 9.17) is 22.7 Å². The average Bonchev–Trinajstić information content (AvgIpc) is 2.44. The van der Waals surface area contributed by atoms with Gasteiger partial charge < -0.3 is 10.5 Å². The smallest absolute Gasteiger partial charge is 0.179 e. The first kappa shape index (κ1) is 14.9. The minimum atomic E-state index is -0.502. The topological polar surface area (TPSA) is 35.2 Å². The van der Waals surface area contributed by atoms with Crippen molar-refractivity contribution in [2.45, 2.75) is 13.0 Å². The summed E-state index contributed by atoms with van der Waals surface area (Å²) in [5, 5.41) is 0. The van der Waals surface area contributed by atoms with Gasteiger partial charge in [-0.15, -0.1) is 0 Å². The van der Waals surface area contributed by atoms with E-state index in [1.165, 1.54) is 6.07 Å². The molecule has 20 heavy (non-hydrogen) atoms. The first-order valence-corrected chi connectivity index (χ1v) is 7.20. The van der Waals surface area contributed by atoms with E-state index in [9.17, 15) is 4.39 Å². The summed E-state index contributed by atoms with van der Waals surface area (Å²) in [6, 6.07) is 12.8. The Hall–Kier alpha value is -1.46. The lowest BCUT2D eigenvalue weighted by Gasteiger charge is -2.16. The van der Waals surface area contributed by atoms with Gasteiger partial charge in [0.05, 0.1) is 4.47 Å². The van der Waals surface area contributed by atoms with E-state index in [0.717, 1.165) is 5.56 Å². The van der Waals surface area contributed by atoms with Crippen molar-refractivity contribution in [1.29, 1.82) is 0 Å². The summed E-state index contributed by atoms with van der Waals surface area (Å²) in [4.78, 5) is 0.137. The summed E-state index contributed by atoms with van der Waals surface area (Å²) in [6.07, 6.45) is -0.256. The van der Waals surface area contributed by atoms with Crippen molar-refractivity contribution in [2.75, 3.05) is 0 Å². The summed E-state index contributed by atoms with van der Waals surface area (Å²) in [7, 11) is 0. The standard InChI is InChI=1S/C15H13BrFNOS/c1-9(10-5-3-2-4-6-10)19-12-8-7-11(15(18)20)13(16)14(12)17/h2-9H,1H3,(H2,18,20). The Kier molecular flexibility index (Phi) is 4.73. The first-order chi connectivity index (χ1) is 9.50. The number of rotatable bonds is 4. The van der Waals surface area contributed by atoms with Crippen LogP contribution in [0, 0.1) is 5.82 Å². The van der Waals surface area contributed by atoms with Gasteiger partial charge in [-0.05, 0) is 40.5 Å². The molecule has 0 heterocycles. The molecule has 104 valence electrons. The molecule has 2 aromatic carbocycles.